The maximum atomic E-state index is 13.1. The fourth-order valence-corrected chi connectivity index (χ4v) is 5.60. The van der Waals surface area contributed by atoms with Gasteiger partial charge in [0.15, 0.2) is 0 Å². The van der Waals surface area contributed by atoms with E-state index in [0.717, 1.165) is 11.1 Å². The van der Waals surface area contributed by atoms with E-state index < -0.39 is 10.0 Å². The van der Waals surface area contributed by atoms with Gasteiger partial charge in [-0.25, -0.2) is 8.42 Å². The molecule has 1 amide bonds. The van der Waals surface area contributed by atoms with Gasteiger partial charge in [-0.1, -0.05) is 33.6 Å². The van der Waals surface area contributed by atoms with E-state index in [9.17, 15) is 13.2 Å². The molecule has 0 radical (unpaired) electrons. The molecule has 0 aliphatic carbocycles. The van der Waals surface area contributed by atoms with Crippen LogP contribution in [0.1, 0.15) is 25.0 Å². The Morgan fingerprint density at radius 2 is 2.00 bits per heavy atom. The lowest BCUT2D eigenvalue weighted by molar-refractivity contribution is -0.116. The number of rotatable bonds is 3. The second kappa shape index (κ2) is 6.87. The zero-order valence-corrected chi connectivity index (χ0v) is 17.7. The Labute approximate surface area is 166 Å². The average Bonchev–Trinajstić information content (AvgIpc) is 2.84. The molecule has 8 heteroatoms. The van der Waals surface area contributed by atoms with E-state index in [0.29, 0.717) is 27.3 Å². The van der Waals surface area contributed by atoms with Crippen LogP contribution in [-0.2, 0) is 21.2 Å². The number of nitrogens with zero attached hydrogens (tertiary/aromatic N) is 1. The van der Waals surface area contributed by atoms with Crippen molar-refractivity contribution in [2.75, 3.05) is 9.62 Å². The zero-order chi connectivity index (χ0) is 19.2. The van der Waals surface area contributed by atoms with Gasteiger partial charge in [-0.3, -0.25) is 9.52 Å². The van der Waals surface area contributed by atoms with Crippen molar-refractivity contribution < 1.29 is 13.2 Å². The summed E-state index contributed by atoms with van der Waals surface area (Å²) in [6, 6.07) is 8.35. The largest absolute Gasteiger partial charge is 0.308 e. The third kappa shape index (κ3) is 3.48. The maximum absolute atomic E-state index is 13.1. The number of carbonyl (C=O) groups excluding carboxylic acids is 1. The van der Waals surface area contributed by atoms with Crippen molar-refractivity contribution in [3.8, 4) is 0 Å². The molecule has 1 atom stereocenters. The van der Waals surface area contributed by atoms with E-state index in [4.69, 9.17) is 11.6 Å². The highest BCUT2D eigenvalue weighted by molar-refractivity contribution is 9.10. The summed E-state index contributed by atoms with van der Waals surface area (Å²) in [6.45, 7) is 5.21. The SMILES string of the molecule is CC(=O)N1c2c(cc(Br)cc2S(=O)(=O)Nc2ccc(C)cc2Cl)CC1C. The molecule has 26 heavy (non-hydrogen) atoms. The molecule has 0 saturated carbocycles. The van der Waals surface area contributed by atoms with Crippen molar-refractivity contribution in [2.45, 2.75) is 38.1 Å². The van der Waals surface area contributed by atoms with Crippen molar-refractivity contribution in [1.29, 1.82) is 0 Å². The standard InChI is InChI=1S/C18H18BrClN2O3S/c1-10-4-5-16(15(20)6-10)21-26(24,25)17-9-14(19)8-13-7-11(2)22(12(3)23)18(13)17/h4-6,8-9,11,21H,7H2,1-3H3. The molecule has 138 valence electrons. The van der Waals surface area contributed by atoms with Gasteiger partial charge in [-0.2, -0.15) is 0 Å². The molecule has 3 rings (SSSR count). The first-order valence-electron chi connectivity index (χ1n) is 8.01. The Hall–Kier alpha value is -1.57. The van der Waals surface area contributed by atoms with Crippen molar-refractivity contribution in [1.82, 2.24) is 0 Å². The second-order valence-electron chi connectivity index (χ2n) is 6.44. The molecule has 1 heterocycles. The fraction of sp³-hybridized carbons (Fsp3) is 0.278. The minimum atomic E-state index is -3.94. The monoisotopic (exact) mass is 456 g/mol. The van der Waals surface area contributed by atoms with Crippen LogP contribution in [0.4, 0.5) is 11.4 Å². The Morgan fingerprint density at radius 3 is 2.62 bits per heavy atom. The highest BCUT2D eigenvalue weighted by Crippen LogP contribution is 2.41. The average molecular weight is 458 g/mol. The summed E-state index contributed by atoms with van der Waals surface area (Å²) in [7, 11) is -3.94. The number of amides is 1. The van der Waals surface area contributed by atoms with Crippen LogP contribution >= 0.6 is 27.5 Å². The van der Waals surface area contributed by atoms with Gasteiger partial charge < -0.3 is 4.90 Å². The molecule has 0 aromatic heterocycles. The first-order valence-corrected chi connectivity index (χ1v) is 10.7. The van der Waals surface area contributed by atoms with Crippen LogP contribution in [0.25, 0.3) is 0 Å². The number of sulfonamides is 1. The number of hydrogen-bond donors (Lipinski definition) is 1. The molecule has 0 bridgehead atoms. The van der Waals surface area contributed by atoms with E-state index >= 15 is 0 Å². The fourth-order valence-electron chi connectivity index (χ4n) is 3.26. The number of aryl methyl sites for hydroxylation is 1. The number of halogens is 2. The normalized spacial score (nSPS) is 16.5. The molecule has 1 N–H and O–H groups in total. The first-order chi connectivity index (χ1) is 12.1. The number of fused-ring (bicyclic) bond motifs is 1. The van der Waals surface area contributed by atoms with Crippen LogP contribution in [0.5, 0.6) is 0 Å². The molecule has 1 aliphatic heterocycles. The Balaban J connectivity index is 2.13. The summed E-state index contributed by atoms with van der Waals surface area (Å²) >= 11 is 9.55. The summed E-state index contributed by atoms with van der Waals surface area (Å²) in [5.41, 5.74) is 2.48. The van der Waals surface area contributed by atoms with Crippen LogP contribution in [0, 0.1) is 6.92 Å². The van der Waals surface area contributed by atoms with Crippen LogP contribution in [0.2, 0.25) is 5.02 Å². The Kier molecular flexibility index (Phi) is 5.07. The quantitative estimate of drug-likeness (QED) is 0.737. The van der Waals surface area contributed by atoms with Gasteiger partial charge in [0.2, 0.25) is 5.91 Å². The Bertz CT molecular complexity index is 1010. The summed E-state index contributed by atoms with van der Waals surface area (Å²) in [5.74, 6) is -0.191. The Morgan fingerprint density at radius 1 is 1.31 bits per heavy atom. The van der Waals surface area contributed by atoms with Gasteiger partial charge >= 0.3 is 0 Å². The lowest BCUT2D eigenvalue weighted by Crippen LogP contribution is -2.34. The van der Waals surface area contributed by atoms with Gasteiger partial charge in [-0.15, -0.1) is 0 Å². The van der Waals surface area contributed by atoms with Crippen LogP contribution in [0.15, 0.2) is 39.7 Å². The van der Waals surface area contributed by atoms with Gasteiger partial charge in [-0.05, 0) is 55.7 Å². The summed E-state index contributed by atoms with van der Waals surface area (Å²) in [6.07, 6.45) is 0.599. The molecule has 5 nitrogen and oxygen atoms in total. The molecule has 0 spiro atoms. The van der Waals surface area contributed by atoms with Crippen molar-refractivity contribution in [2.24, 2.45) is 0 Å². The highest BCUT2D eigenvalue weighted by Gasteiger charge is 2.35. The molecule has 0 fully saturated rings. The van der Waals surface area contributed by atoms with Gasteiger partial charge in [0, 0.05) is 17.4 Å². The van der Waals surface area contributed by atoms with E-state index in [1.807, 2.05) is 19.9 Å². The van der Waals surface area contributed by atoms with E-state index in [1.165, 1.54) is 17.9 Å². The molecule has 1 unspecified atom stereocenters. The molecular formula is C18H18BrClN2O3S. The van der Waals surface area contributed by atoms with Gasteiger partial charge in [0.1, 0.15) is 4.90 Å². The lowest BCUT2D eigenvalue weighted by Gasteiger charge is -2.23. The summed E-state index contributed by atoms with van der Waals surface area (Å²) in [4.78, 5) is 13.7. The minimum absolute atomic E-state index is 0.0538. The van der Waals surface area contributed by atoms with Gasteiger partial charge in [0.05, 0.1) is 16.4 Å². The number of hydrogen-bond acceptors (Lipinski definition) is 3. The molecule has 2 aromatic carbocycles. The van der Waals surface area contributed by atoms with Crippen molar-refractivity contribution in [3.05, 3.63) is 51.0 Å². The first kappa shape index (κ1) is 19.2. The summed E-state index contributed by atoms with van der Waals surface area (Å²) in [5, 5.41) is 0.317. The van der Waals surface area contributed by atoms with Crippen LogP contribution in [0.3, 0.4) is 0 Å². The maximum Gasteiger partial charge on any atom is 0.264 e. The molecule has 1 aliphatic rings. The minimum Gasteiger partial charge on any atom is -0.308 e. The second-order valence-corrected chi connectivity index (χ2v) is 9.42. The topological polar surface area (TPSA) is 66.5 Å². The van der Waals surface area contributed by atoms with Crippen molar-refractivity contribution in [3.63, 3.8) is 0 Å². The number of anilines is 2. The van der Waals surface area contributed by atoms with E-state index in [2.05, 4.69) is 20.7 Å². The predicted molar refractivity (Wildman–Crippen MR) is 107 cm³/mol. The van der Waals surface area contributed by atoms with Crippen LogP contribution < -0.4 is 9.62 Å². The van der Waals surface area contributed by atoms with Crippen molar-refractivity contribution >= 4 is 54.8 Å². The molecule has 2 aromatic rings. The lowest BCUT2D eigenvalue weighted by atomic mass is 10.1. The van der Waals surface area contributed by atoms with E-state index in [1.54, 1.807) is 18.2 Å². The number of carbonyl (C=O) groups is 1. The number of benzene rings is 2. The van der Waals surface area contributed by atoms with Crippen LogP contribution in [-0.4, -0.2) is 20.4 Å². The highest BCUT2D eigenvalue weighted by atomic mass is 79.9. The third-order valence-electron chi connectivity index (χ3n) is 4.31. The zero-order valence-electron chi connectivity index (χ0n) is 14.5. The van der Waals surface area contributed by atoms with E-state index in [-0.39, 0.29) is 16.8 Å². The molecule has 0 saturated heterocycles. The molecular weight excluding hydrogens is 440 g/mol. The third-order valence-corrected chi connectivity index (χ3v) is 6.46. The predicted octanol–water partition coefficient (Wildman–Crippen LogP) is 4.51. The van der Waals surface area contributed by atoms with Gasteiger partial charge in [0.25, 0.3) is 10.0 Å². The summed E-state index contributed by atoms with van der Waals surface area (Å²) < 4.78 is 29.4. The smallest absolute Gasteiger partial charge is 0.264 e. The number of nitrogens with one attached hydrogen (secondary N) is 1.